The van der Waals surface area contributed by atoms with Crippen LogP contribution in [0.5, 0.6) is 0 Å². The molecule has 2 atom stereocenters. The lowest BCUT2D eigenvalue weighted by molar-refractivity contribution is 0.0695. The number of thiazole rings is 1. The number of aliphatic hydroxyl groups excluding tert-OH is 1. The molecule has 0 unspecified atom stereocenters. The third-order valence-corrected chi connectivity index (χ3v) is 5.17. The second-order valence-corrected chi connectivity index (χ2v) is 7.04. The number of nitrogens with two attached hydrogens (primary N) is 1. The number of fused-ring (bicyclic) bond motifs is 1. The van der Waals surface area contributed by atoms with Gasteiger partial charge in [0, 0.05) is 36.9 Å². The van der Waals surface area contributed by atoms with Crippen LogP contribution >= 0.6 is 11.3 Å². The molecule has 4 rings (SSSR count). The number of aliphatic hydroxyl groups is 1. The average Bonchev–Trinajstić information content (AvgIpc) is 3.25. The quantitative estimate of drug-likeness (QED) is 0.576. The molecule has 9 nitrogen and oxygen atoms in total. The van der Waals surface area contributed by atoms with Crippen molar-refractivity contribution in [1.29, 1.82) is 0 Å². The van der Waals surface area contributed by atoms with E-state index in [0.29, 0.717) is 5.13 Å². The van der Waals surface area contributed by atoms with E-state index in [1.54, 1.807) is 5.38 Å². The Hall–Kier alpha value is -2.89. The zero-order chi connectivity index (χ0) is 19.3. The van der Waals surface area contributed by atoms with Gasteiger partial charge in [-0.25, -0.2) is 19.2 Å². The van der Waals surface area contributed by atoms with E-state index < -0.39 is 34.9 Å². The molecule has 0 aromatic carbocycles. The third-order valence-electron chi connectivity index (χ3n) is 4.40. The second kappa shape index (κ2) is 6.37. The van der Waals surface area contributed by atoms with Gasteiger partial charge in [-0.15, -0.1) is 11.3 Å². The van der Waals surface area contributed by atoms with E-state index in [4.69, 9.17) is 5.73 Å². The van der Waals surface area contributed by atoms with Crippen molar-refractivity contribution in [2.45, 2.75) is 12.1 Å². The SMILES string of the molecule is N[C@H]1CN(c2nc3c(cc2F)c(=O)c(C(=O)O)cn3-c2nccs2)C[C@@H]1O. The number of pyridine rings is 2. The molecule has 27 heavy (non-hydrogen) atoms. The van der Waals surface area contributed by atoms with Crippen LogP contribution in [0, 0.1) is 5.82 Å². The van der Waals surface area contributed by atoms with E-state index in [1.165, 1.54) is 27.0 Å². The Kier molecular flexibility index (Phi) is 4.13. The summed E-state index contributed by atoms with van der Waals surface area (Å²) in [6.45, 7) is 0.302. The molecule has 1 aliphatic rings. The maximum atomic E-state index is 14.7. The molecule has 0 radical (unpaired) electrons. The Labute approximate surface area is 155 Å². The first-order valence-electron chi connectivity index (χ1n) is 7.94. The highest BCUT2D eigenvalue weighted by atomic mass is 32.1. The lowest BCUT2D eigenvalue weighted by Gasteiger charge is -2.19. The summed E-state index contributed by atoms with van der Waals surface area (Å²) in [7, 11) is 0. The number of anilines is 1. The number of rotatable bonds is 3. The summed E-state index contributed by atoms with van der Waals surface area (Å²) in [5.41, 5.74) is 4.52. The number of hydrogen-bond donors (Lipinski definition) is 3. The van der Waals surface area contributed by atoms with E-state index in [9.17, 15) is 24.2 Å². The van der Waals surface area contributed by atoms with Crippen LogP contribution in [0.15, 0.2) is 28.6 Å². The Bertz CT molecular complexity index is 1090. The van der Waals surface area contributed by atoms with Crippen LogP contribution in [0.2, 0.25) is 0 Å². The number of hydrogen-bond acceptors (Lipinski definition) is 8. The Balaban J connectivity index is 2.00. The molecule has 0 spiro atoms. The van der Waals surface area contributed by atoms with E-state index >= 15 is 0 Å². The monoisotopic (exact) mass is 391 g/mol. The molecular weight excluding hydrogens is 377 g/mol. The molecule has 140 valence electrons. The zero-order valence-corrected chi connectivity index (χ0v) is 14.6. The first kappa shape index (κ1) is 17.5. The van der Waals surface area contributed by atoms with Crippen LogP contribution < -0.4 is 16.1 Å². The lowest BCUT2D eigenvalue weighted by Crippen LogP contribution is -2.32. The topological polar surface area (TPSA) is 135 Å². The van der Waals surface area contributed by atoms with Gasteiger partial charge in [-0.2, -0.15) is 0 Å². The van der Waals surface area contributed by atoms with Crippen molar-refractivity contribution in [3.05, 3.63) is 45.4 Å². The largest absolute Gasteiger partial charge is 0.477 e. The van der Waals surface area contributed by atoms with Crippen molar-refractivity contribution in [3.8, 4) is 5.13 Å². The van der Waals surface area contributed by atoms with Crippen molar-refractivity contribution >= 4 is 34.2 Å². The number of β-amino-alcohol motifs (C(OH)–C–C–N with tert-alkyl or cyclic N) is 1. The molecular formula is C16H14FN5O4S. The number of aromatic carboxylic acids is 1. The fraction of sp³-hybridized carbons (Fsp3) is 0.250. The molecule has 1 fully saturated rings. The number of carboxylic acids is 1. The summed E-state index contributed by atoms with van der Waals surface area (Å²) in [6.07, 6.45) is 1.83. The summed E-state index contributed by atoms with van der Waals surface area (Å²) < 4.78 is 16.0. The predicted octanol–water partition coefficient (Wildman–Crippen LogP) is 0.188. The summed E-state index contributed by atoms with van der Waals surface area (Å²) in [5.74, 6) is -2.29. The highest BCUT2D eigenvalue weighted by Gasteiger charge is 2.31. The normalized spacial score (nSPS) is 19.7. The van der Waals surface area contributed by atoms with Gasteiger partial charge in [0.05, 0.1) is 11.5 Å². The highest BCUT2D eigenvalue weighted by molar-refractivity contribution is 7.12. The summed E-state index contributed by atoms with van der Waals surface area (Å²) in [5, 5.41) is 21.0. The molecule has 4 heterocycles. The second-order valence-electron chi connectivity index (χ2n) is 6.16. The molecule has 3 aromatic rings. The van der Waals surface area contributed by atoms with Crippen LogP contribution in [0.1, 0.15) is 10.4 Å². The van der Waals surface area contributed by atoms with Crippen LogP contribution in [0.4, 0.5) is 10.2 Å². The van der Waals surface area contributed by atoms with Gasteiger partial charge in [0.25, 0.3) is 0 Å². The van der Waals surface area contributed by atoms with E-state index in [-0.39, 0.29) is 29.9 Å². The lowest BCUT2D eigenvalue weighted by atomic mass is 10.2. The molecule has 0 amide bonds. The van der Waals surface area contributed by atoms with Gasteiger partial charge < -0.3 is 20.8 Å². The summed E-state index contributed by atoms with van der Waals surface area (Å²) >= 11 is 1.21. The Morgan fingerprint density at radius 2 is 2.19 bits per heavy atom. The van der Waals surface area contributed by atoms with Gasteiger partial charge >= 0.3 is 5.97 Å². The minimum Gasteiger partial charge on any atom is -0.477 e. The highest BCUT2D eigenvalue weighted by Crippen LogP contribution is 2.26. The van der Waals surface area contributed by atoms with Crippen LogP contribution in [-0.4, -0.2) is 56.0 Å². The maximum Gasteiger partial charge on any atom is 0.341 e. The van der Waals surface area contributed by atoms with Gasteiger partial charge in [0.2, 0.25) is 5.43 Å². The van der Waals surface area contributed by atoms with Crippen molar-refractivity contribution in [2.24, 2.45) is 5.73 Å². The maximum absolute atomic E-state index is 14.7. The van der Waals surface area contributed by atoms with Gasteiger partial charge in [0.15, 0.2) is 22.4 Å². The van der Waals surface area contributed by atoms with E-state index in [1.807, 2.05) is 0 Å². The van der Waals surface area contributed by atoms with Gasteiger partial charge in [0.1, 0.15) is 5.56 Å². The van der Waals surface area contributed by atoms with Crippen molar-refractivity contribution in [1.82, 2.24) is 14.5 Å². The molecule has 4 N–H and O–H groups in total. The Morgan fingerprint density at radius 3 is 2.78 bits per heavy atom. The zero-order valence-electron chi connectivity index (χ0n) is 13.7. The van der Waals surface area contributed by atoms with Crippen LogP contribution in [0.3, 0.4) is 0 Å². The molecule has 0 saturated carbocycles. The molecule has 0 bridgehead atoms. The molecule has 11 heteroatoms. The Morgan fingerprint density at radius 1 is 1.41 bits per heavy atom. The van der Waals surface area contributed by atoms with Crippen molar-refractivity contribution in [3.63, 3.8) is 0 Å². The van der Waals surface area contributed by atoms with Crippen molar-refractivity contribution in [2.75, 3.05) is 18.0 Å². The molecule has 0 aliphatic carbocycles. The minimum absolute atomic E-state index is 0.0673. The van der Waals surface area contributed by atoms with Crippen LogP contribution in [-0.2, 0) is 0 Å². The predicted molar refractivity (Wildman–Crippen MR) is 96.1 cm³/mol. The fourth-order valence-electron chi connectivity index (χ4n) is 3.05. The number of carbonyl (C=O) groups is 1. The molecule has 3 aromatic heterocycles. The van der Waals surface area contributed by atoms with E-state index in [2.05, 4.69) is 9.97 Å². The fourth-order valence-corrected chi connectivity index (χ4v) is 3.67. The van der Waals surface area contributed by atoms with Gasteiger partial charge in [-0.1, -0.05) is 0 Å². The summed E-state index contributed by atoms with van der Waals surface area (Å²) in [4.78, 5) is 33.8. The first-order valence-corrected chi connectivity index (χ1v) is 8.82. The number of halogens is 1. The number of aromatic nitrogens is 3. The molecule has 1 aliphatic heterocycles. The van der Waals surface area contributed by atoms with E-state index in [0.717, 1.165) is 12.3 Å². The van der Waals surface area contributed by atoms with Crippen molar-refractivity contribution < 1.29 is 19.4 Å². The summed E-state index contributed by atoms with van der Waals surface area (Å²) in [6, 6.07) is 0.421. The minimum atomic E-state index is -1.43. The van der Waals surface area contributed by atoms with Crippen LogP contribution in [0.25, 0.3) is 16.2 Å². The number of nitrogens with zero attached hydrogens (tertiary/aromatic N) is 4. The standard InChI is InChI=1S/C16H14FN5O4S/c17-9-3-7-12(24)8(15(25)26)4-22(16-19-1-2-27-16)13(7)20-14(9)21-5-10(18)11(23)6-21/h1-4,10-11,23H,5-6,18H2,(H,25,26)/t10-,11-/m0/s1. The first-order chi connectivity index (χ1) is 12.9. The molecule has 1 saturated heterocycles. The van der Waals surface area contributed by atoms with Gasteiger partial charge in [-0.05, 0) is 6.07 Å². The van der Waals surface area contributed by atoms with Gasteiger partial charge in [-0.3, -0.25) is 9.36 Å². The number of carboxylic acid groups (broad SMARTS) is 1. The smallest absolute Gasteiger partial charge is 0.341 e. The average molecular weight is 391 g/mol. The third kappa shape index (κ3) is 2.85.